The number of anilines is 4. The maximum Gasteiger partial charge on any atom is 0.332 e. The van der Waals surface area contributed by atoms with E-state index in [9.17, 15) is 58.0 Å². The Bertz CT molecular complexity index is 4420. The Kier molecular flexibility index (Phi) is 25.3. The van der Waals surface area contributed by atoms with Gasteiger partial charge in [-0.2, -0.15) is 0 Å². The first-order valence-corrected chi connectivity index (χ1v) is 50.6. The molecular formula is C80H118N12O14S4Si. The quantitative estimate of drug-likeness (QED) is 0.0277. The van der Waals surface area contributed by atoms with Crippen molar-refractivity contribution in [1.82, 2.24) is 38.5 Å². The number of benzene rings is 4. The van der Waals surface area contributed by atoms with Crippen molar-refractivity contribution in [2.24, 2.45) is 5.41 Å². The second kappa shape index (κ2) is 33.9. The van der Waals surface area contributed by atoms with E-state index in [2.05, 4.69) is 115 Å². The minimum atomic E-state index is -3.73. The molecule has 8 amide bonds. The summed E-state index contributed by atoms with van der Waals surface area (Å²) in [6.45, 7) is 20.7. The number of aliphatic hydroxyl groups excluding tert-OH is 2. The predicted molar refractivity (Wildman–Crippen MR) is 438 cm³/mol. The zero-order chi connectivity index (χ0) is 79.1. The highest BCUT2D eigenvalue weighted by Crippen LogP contribution is 2.43. The summed E-state index contributed by atoms with van der Waals surface area (Å²) in [5.41, 5.74) is 23.6. The van der Waals surface area contributed by atoms with Crippen molar-refractivity contribution in [3.63, 3.8) is 0 Å². The summed E-state index contributed by atoms with van der Waals surface area (Å²) < 4.78 is 109. The Balaban J connectivity index is 0.000000130. The molecule has 0 spiro atoms. The number of amides is 8. The van der Waals surface area contributed by atoms with Crippen molar-refractivity contribution in [3.05, 3.63) is 113 Å². The van der Waals surface area contributed by atoms with Crippen LogP contribution in [0.3, 0.4) is 0 Å². The highest BCUT2D eigenvalue weighted by atomic mass is 32.2. The molecule has 0 saturated carbocycles. The van der Waals surface area contributed by atoms with Crippen LogP contribution >= 0.6 is 0 Å². The number of nitrogens with zero attached hydrogens (tertiary/aromatic N) is 4. The summed E-state index contributed by atoms with van der Waals surface area (Å²) in [6, 6.07) is 6.60. The maximum absolute atomic E-state index is 12.6. The van der Waals surface area contributed by atoms with Crippen LogP contribution in [0.15, 0.2) is 24.3 Å². The fourth-order valence-electron chi connectivity index (χ4n) is 18.9. The van der Waals surface area contributed by atoms with E-state index in [1.165, 1.54) is 89.0 Å². The van der Waals surface area contributed by atoms with Gasteiger partial charge in [-0.25, -0.2) is 71.7 Å². The number of unbranched alkanes of at least 4 members (excludes halogenated alkanes) is 1. The molecule has 4 saturated heterocycles. The zero-order valence-electron chi connectivity index (χ0n) is 66.0. The molecular weight excluding hydrogens is 1510 g/mol. The minimum Gasteiger partial charge on any atom is -0.396 e. The standard InChI is InChI=1S/C21H31N3O3S.C20H29N3O4S.C20H31N3O3SSi.C19H27N3O4S/c1-21(2,3)13-24-11-16(12-24)28(26,27)23-20(25)22-19-17-8-4-6-14(17)10-15-7-5-9-18(15)19;24-10-2-1-9-23-12-16(13-23)28(26,27)22-20(25)21-19-17-7-3-5-14(17)11-15-6-4-8-18(15)19;1-28(2,3)13-23-11-16(12-23)27(25,26)22-20(24)21-19-17-8-4-6-14(17)10-15-7-5-9-18(15)19;1-12(23)9-22-10-15(11-22)27(25,26)21-19(24)20-18-16-6-2-4-13(16)8-14-5-3-7-17(14)18/h10,16H,4-9,11-13H2,1-3H3,(H2,22,23,25);11,16,24H,1-10,12-13H2,(H2,21,22,25);10,16H,4-9,11-13H2,1-3H3,(H2,21,22,24);8,12,15,23H,2-7,9-11H2,1H3,(H2,20,21,24). The molecule has 0 bridgehead atoms. The third-order valence-corrected chi connectivity index (χ3v) is 32.0. The van der Waals surface area contributed by atoms with E-state index in [0.29, 0.717) is 58.9 Å². The Morgan fingerprint density at radius 2 is 0.640 bits per heavy atom. The molecule has 16 rings (SSSR count). The van der Waals surface area contributed by atoms with Crippen molar-refractivity contribution in [2.45, 2.75) is 241 Å². The van der Waals surface area contributed by atoms with Gasteiger partial charge in [-0.15, -0.1) is 0 Å². The molecule has 8 aliphatic carbocycles. The van der Waals surface area contributed by atoms with Crippen LogP contribution in [-0.2, 0) is 143 Å². The zero-order valence-corrected chi connectivity index (χ0v) is 70.3. The number of carbonyl (C=O) groups excluding carboxylic acids is 4. The highest BCUT2D eigenvalue weighted by molar-refractivity contribution is 7.91. The van der Waals surface area contributed by atoms with Gasteiger partial charge >= 0.3 is 24.1 Å². The summed E-state index contributed by atoms with van der Waals surface area (Å²) in [4.78, 5) is 58.4. The maximum atomic E-state index is 12.6. The first-order valence-electron chi connectivity index (χ1n) is 40.7. The van der Waals surface area contributed by atoms with Gasteiger partial charge in [0.05, 0.1) is 14.2 Å². The molecule has 4 heterocycles. The van der Waals surface area contributed by atoms with Crippen LogP contribution in [0.25, 0.3) is 0 Å². The van der Waals surface area contributed by atoms with Crippen LogP contribution in [0.5, 0.6) is 0 Å². The van der Waals surface area contributed by atoms with Crippen molar-refractivity contribution in [3.8, 4) is 0 Å². The number of rotatable bonds is 21. The summed E-state index contributed by atoms with van der Waals surface area (Å²) in [5.74, 6) is 0. The van der Waals surface area contributed by atoms with Crippen molar-refractivity contribution >= 4 is 95.0 Å². The molecule has 10 N–H and O–H groups in total. The highest BCUT2D eigenvalue weighted by Gasteiger charge is 2.44. The molecule has 12 aliphatic rings. The molecule has 31 heteroatoms. The Labute approximate surface area is 658 Å². The van der Waals surface area contributed by atoms with E-state index in [1.54, 1.807) is 6.92 Å². The van der Waals surface area contributed by atoms with Gasteiger partial charge in [-0.1, -0.05) is 64.7 Å². The molecule has 111 heavy (non-hydrogen) atoms. The van der Waals surface area contributed by atoms with Crippen LogP contribution in [0.2, 0.25) is 19.6 Å². The van der Waals surface area contributed by atoms with E-state index < -0.39 is 99.4 Å². The van der Waals surface area contributed by atoms with Crippen molar-refractivity contribution in [1.29, 1.82) is 0 Å². The molecule has 0 radical (unpaired) electrons. The Morgan fingerprint density at radius 1 is 0.396 bits per heavy atom. The third-order valence-electron chi connectivity index (χ3n) is 24.0. The fourth-order valence-corrected chi connectivity index (χ4v) is 25.7. The van der Waals surface area contributed by atoms with Crippen molar-refractivity contribution < 1.29 is 63.1 Å². The number of likely N-dealkylation sites (tertiary alicyclic amines) is 4. The van der Waals surface area contributed by atoms with Gasteiger partial charge in [0, 0.05) is 94.8 Å². The van der Waals surface area contributed by atoms with E-state index >= 15 is 0 Å². The summed E-state index contributed by atoms with van der Waals surface area (Å²) >= 11 is 0. The van der Waals surface area contributed by atoms with Gasteiger partial charge < -0.3 is 41.3 Å². The summed E-state index contributed by atoms with van der Waals surface area (Å²) in [6.07, 6.45) is 26.7. The van der Waals surface area contributed by atoms with Crippen LogP contribution in [0.1, 0.15) is 181 Å². The molecule has 4 aromatic carbocycles. The van der Waals surface area contributed by atoms with Crippen molar-refractivity contribution in [2.75, 3.05) is 106 Å². The van der Waals surface area contributed by atoms with Gasteiger partial charge in [0.25, 0.3) is 0 Å². The number of sulfonamides is 4. The van der Waals surface area contributed by atoms with Crippen LogP contribution in [0, 0.1) is 5.41 Å². The normalized spacial score (nSPS) is 19.9. The average molecular weight is 1630 g/mol. The largest absolute Gasteiger partial charge is 0.396 e. The molecule has 1 atom stereocenters. The van der Waals surface area contributed by atoms with Gasteiger partial charge in [0.1, 0.15) is 21.0 Å². The van der Waals surface area contributed by atoms with E-state index in [-0.39, 0.29) is 12.0 Å². The van der Waals surface area contributed by atoms with Gasteiger partial charge in [0.2, 0.25) is 40.1 Å². The number of aliphatic hydroxyl groups is 2. The first-order chi connectivity index (χ1) is 52.6. The number of urea groups is 4. The van der Waals surface area contributed by atoms with Crippen LogP contribution in [0.4, 0.5) is 41.9 Å². The number of aryl methyl sites for hydroxylation is 8. The van der Waals surface area contributed by atoms with E-state index in [1.807, 2.05) is 9.80 Å². The Morgan fingerprint density at radius 3 is 0.874 bits per heavy atom. The lowest BCUT2D eigenvalue weighted by Gasteiger charge is -2.41. The third kappa shape index (κ3) is 19.8. The lowest BCUT2D eigenvalue weighted by atomic mass is 9.94. The number of hydrogen-bond donors (Lipinski definition) is 10. The summed E-state index contributed by atoms with van der Waals surface area (Å²) in [5, 5.41) is 27.6. The SMILES string of the molecule is CC(C)(C)CN1CC(S(=O)(=O)NC(=O)Nc2c3c(cc4c2CCC4)CCC3)C1.CC(O)CN1CC(S(=O)(=O)NC(=O)Nc2c3c(cc4c2CCC4)CCC3)C1.C[Si](C)(C)CN1CC(S(=O)(=O)NC(=O)Nc2c3c(cc4c2CCC4)CCC3)C1.O=C(Nc1c2c(cc3c1CCC3)CCC2)NS(=O)(=O)C1CN(CCCCO)C1. The second-order valence-electron chi connectivity index (χ2n) is 35.6. The molecule has 0 aromatic heterocycles. The second-order valence-corrected chi connectivity index (χ2v) is 48.9. The molecule has 4 aromatic rings. The number of fused-ring (bicyclic) bond motifs is 8. The lowest BCUT2D eigenvalue weighted by Crippen LogP contribution is -2.61. The van der Waals surface area contributed by atoms with Gasteiger partial charge in [0.15, 0.2) is 0 Å². The van der Waals surface area contributed by atoms with E-state index in [0.717, 1.165) is 209 Å². The number of β-amino-alcohol motifs (C(OH)–C–C–N with tert-alkyl or cyclic N) is 1. The molecule has 4 aliphatic heterocycles. The van der Waals surface area contributed by atoms with Gasteiger partial charge in [-0.05, 0) is 281 Å². The molecule has 1 unspecified atom stereocenters. The Hall–Kier alpha value is -6.26. The predicted octanol–water partition coefficient (Wildman–Crippen LogP) is 8.27. The number of nitrogens with one attached hydrogen (secondary N) is 8. The van der Waals surface area contributed by atoms with Gasteiger partial charge in [-0.3, -0.25) is 9.80 Å². The average Bonchev–Trinajstić information content (AvgIpc) is 1.75. The van der Waals surface area contributed by atoms with E-state index in [4.69, 9.17) is 5.11 Å². The van der Waals surface area contributed by atoms with Crippen LogP contribution < -0.4 is 40.2 Å². The molecule has 610 valence electrons. The van der Waals surface area contributed by atoms with Crippen LogP contribution in [-0.4, -0.2) is 208 Å². The number of hydrogen-bond acceptors (Lipinski definition) is 18. The number of carbonyl (C=O) groups is 4. The molecule has 26 nitrogen and oxygen atoms in total. The lowest BCUT2D eigenvalue weighted by molar-refractivity contribution is 0.0915. The first kappa shape index (κ1) is 82.7. The summed E-state index contributed by atoms with van der Waals surface area (Å²) in [7, 11) is -16.0. The minimum absolute atomic E-state index is 0.133. The topological polar surface area (TPSA) is 354 Å². The monoisotopic (exact) mass is 1630 g/mol. The smallest absolute Gasteiger partial charge is 0.332 e. The molecule has 4 fully saturated rings. The fraction of sp³-hybridized carbons (Fsp3) is 0.650.